The Morgan fingerprint density at radius 1 is 1.41 bits per heavy atom. The number of rotatable bonds is 6. The summed E-state index contributed by atoms with van der Waals surface area (Å²) in [5.41, 5.74) is 5.03. The molecule has 8 heteroatoms. The van der Waals surface area contributed by atoms with Gasteiger partial charge in [-0.25, -0.2) is 0 Å². The van der Waals surface area contributed by atoms with Gasteiger partial charge in [0.05, 0.1) is 5.92 Å². The van der Waals surface area contributed by atoms with Crippen molar-refractivity contribution in [1.29, 1.82) is 0 Å². The second-order valence-electron chi connectivity index (χ2n) is 3.65. The molecule has 0 rings (SSSR count). The molecule has 100 valence electrons. The van der Waals surface area contributed by atoms with Crippen molar-refractivity contribution < 1.29 is 27.9 Å². The third-order valence-corrected chi connectivity index (χ3v) is 2.16. The number of carbonyl (C=O) groups excluding carboxylic acids is 1. The van der Waals surface area contributed by atoms with Crippen molar-refractivity contribution in [3.05, 3.63) is 0 Å². The van der Waals surface area contributed by atoms with Crippen molar-refractivity contribution >= 4 is 11.9 Å². The highest BCUT2D eigenvalue weighted by atomic mass is 19.4. The van der Waals surface area contributed by atoms with Crippen molar-refractivity contribution in [3.63, 3.8) is 0 Å². The Labute approximate surface area is 96.2 Å². The highest BCUT2D eigenvalue weighted by Crippen LogP contribution is 2.30. The maximum absolute atomic E-state index is 12.4. The smallest absolute Gasteiger partial charge is 0.392 e. The molecule has 0 bridgehead atoms. The van der Waals surface area contributed by atoms with Crippen LogP contribution in [0.2, 0.25) is 0 Å². The van der Waals surface area contributed by atoms with Gasteiger partial charge in [-0.3, -0.25) is 9.59 Å². The molecule has 17 heavy (non-hydrogen) atoms. The summed E-state index contributed by atoms with van der Waals surface area (Å²) in [6.45, 7) is 0.984. The molecule has 0 saturated heterocycles. The highest BCUT2D eigenvalue weighted by molar-refractivity contribution is 5.83. The van der Waals surface area contributed by atoms with Crippen LogP contribution in [0, 0.1) is 5.92 Å². The summed E-state index contributed by atoms with van der Waals surface area (Å²) in [6, 6.07) is -1.21. The summed E-state index contributed by atoms with van der Waals surface area (Å²) >= 11 is 0. The quantitative estimate of drug-likeness (QED) is 0.645. The first kappa shape index (κ1) is 15.7. The van der Waals surface area contributed by atoms with Gasteiger partial charge in [-0.2, -0.15) is 13.2 Å². The summed E-state index contributed by atoms with van der Waals surface area (Å²) in [7, 11) is 0. The van der Waals surface area contributed by atoms with Gasteiger partial charge in [-0.05, 0) is 19.9 Å². The van der Waals surface area contributed by atoms with E-state index in [1.54, 1.807) is 0 Å². The van der Waals surface area contributed by atoms with Gasteiger partial charge in [0.2, 0.25) is 5.91 Å². The topological polar surface area (TPSA) is 92.4 Å². The van der Waals surface area contributed by atoms with E-state index in [0.717, 1.165) is 0 Å². The van der Waals surface area contributed by atoms with Gasteiger partial charge >= 0.3 is 12.1 Å². The molecule has 0 aromatic rings. The van der Waals surface area contributed by atoms with E-state index in [-0.39, 0.29) is 13.0 Å². The fourth-order valence-electron chi connectivity index (χ4n) is 1.17. The Morgan fingerprint density at radius 3 is 2.29 bits per heavy atom. The summed E-state index contributed by atoms with van der Waals surface area (Å²) < 4.78 is 37.2. The van der Waals surface area contributed by atoms with Crippen LogP contribution >= 0.6 is 0 Å². The minimum atomic E-state index is -4.51. The molecule has 5 nitrogen and oxygen atoms in total. The van der Waals surface area contributed by atoms with E-state index in [9.17, 15) is 22.8 Å². The molecule has 0 fully saturated rings. The number of amides is 1. The zero-order chi connectivity index (χ0) is 13.6. The molecule has 0 aliphatic rings. The first-order chi connectivity index (χ1) is 7.68. The number of hydrogen-bond acceptors (Lipinski definition) is 3. The van der Waals surface area contributed by atoms with Crippen LogP contribution in [0.3, 0.4) is 0 Å². The molecular formula is C9H15F3N2O3. The third kappa shape index (κ3) is 6.10. The Balaban J connectivity index is 4.37. The number of nitrogens with two attached hydrogens (primary N) is 1. The van der Waals surface area contributed by atoms with E-state index >= 15 is 0 Å². The summed E-state index contributed by atoms with van der Waals surface area (Å²) in [5.74, 6) is -4.09. The lowest BCUT2D eigenvalue weighted by Gasteiger charge is -2.19. The molecule has 1 amide bonds. The Bertz CT molecular complexity index is 281. The van der Waals surface area contributed by atoms with Gasteiger partial charge in [-0.1, -0.05) is 0 Å². The van der Waals surface area contributed by atoms with Crippen LogP contribution in [-0.2, 0) is 9.59 Å². The Morgan fingerprint density at radius 2 is 1.94 bits per heavy atom. The number of alkyl halides is 3. The van der Waals surface area contributed by atoms with Crippen LogP contribution in [0.15, 0.2) is 0 Å². The average Bonchev–Trinajstić information content (AvgIpc) is 2.15. The minimum Gasteiger partial charge on any atom is -0.480 e. The van der Waals surface area contributed by atoms with Gasteiger partial charge in [0.1, 0.15) is 6.04 Å². The summed E-state index contributed by atoms with van der Waals surface area (Å²) in [4.78, 5) is 21.6. The number of carboxylic acids is 1. The van der Waals surface area contributed by atoms with Crippen molar-refractivity contribution in [1.82, 2.24) is 5.32 Å². The maximum atomic E-state index is 12.4. The molecule has 0 aliphatic carbocycles. The minimum absolute atomic E-state index is 0.189. The summed E-state index contributed by atoms with van der Waals surface area (Å²) in [6.07, 6.45) is -5.68. The first-order valence-electron chi connectivity index (χ1n) is 4.97. The molecule has 0 aliphatic heterocycles. The predicted molar refractivity (Wildman–Crippen MR) is 53.1 cm³/mol. The molecule has 1 unspecified atom stereocenters. The van der Waals surface area contributed by atoms with Crippen LogP contribution in [0.25, 0.3) is 0 Å². The molecule has 0 aromatic heterocycles. The fourth-order valence-corrected chi connectivity index (χ4v) is 1.17. The number of aliphatic carboxylic acids is 1. The normalized spacial score (nSPS) is 15.1. The van der Waals surface area contributed by atoms with Gasteiger partial charge < -0.3 is 16.2 Å². The van der Waals surface area contributed by atoms with E-state index in [1.165, 1.54) is 6.92 Å². The largest absolute Gasteiger partial charge is 0.480 e. The van der Waals surface area contributed by atoms with E-state index in [0.29, 0.717) is 0 Å². The summed E-state index contributed by atoms with van der Waals surface area (Å²) in [5, 5.41) is 10.4. The molecule has 2 atom stereocenters. The number of nitrogens with one attached hydrogen (secondary N) is 1. The van der Waals surface area contributed by atoms with Crippen LogP contribution in [0.5, 0.6) is 0 Å². The maximum Gasteiger partial charge on any atom is 0.392 e. The molecular weight excluding hydrogens is 241 g/mol. The van der Waals surface area contributed by atoms with Crippen molar-refractivity contribution in [3.8, 4) is 0 Å². The van der Waals surface area contributed by atoms with Gasteiger partial charge in [0.15, 0.2) is 0 Å². The number of hydrogen-bond donors (Lipinski definition) is 3. The molecule has 0 spiro atoms. The zero-order valence-electron chi connectivity index (χ0n) is 9.25. The molecule has 0 heterocycles. The Kier molecular flexibility index (Phi) is 5.94. The van der Waals surface area contributed by atoms with E-state index in [2.05, 4.69) is 0 Å². The average molecular weight is 256 g/mol. The van der Waals surface area contributed by atoms with Crippen molar-refractivity contribution in [2.75, 3.05) is 6.54 Å². The fraction of sp³-hybridized carbons (Fsp3) is 0.778. The van der Waals surface area contributed by atoms with Crippen LogP contribution in [-0.4, -0.2) is 35.7 Å². The molecule has 0 saturated carbocycles. The zero-order valence-corrected chi connectivity index (χ0v) is 9.25. The Hall–Kier alpha value is -1.31. The van der Waals surface area contributed by atoms with Crippen LogP contribution < -0.4 is 11.1 Å². The van der Waals surface area contributed by atoms with Crippen LogP contribution in [0.1, 0.15) is 19.8 Å². The van der Waals surface area contributed by atoms with Crippen molar-refractivity contribution in [2.24, 2.45) is 11.7 Å². The lowest BCUT2D eigenvalue weighted by molar-refractivity contribution is -0.180. The number of carboxylic acid groups (broad SMARTS) is 1. The van der Waals surface area contributed by atoms with Gasteiger partial charge in [-0.15, -0.1) is 0 Å². The molecule has 0 aromatic carbocycles. The third-order valence-electron chi connectivity index (χ3n) is 2.16. The monoisotopic (exact) mass is 256 g/mol. The lowest BCUT2D eigenvalue weighted by Crippen LogP contribution is -2.40. The van der Waals surface area contributed by atoms with E-state index < -0.39 is 36.4 Å². The SMILES string of the molecule is C[C@@H](NC(=O)CC(CCN)C(F)(F)F)C(=O)O. The lowest BCUT2D eigenvalue weighted by atomic mass is 10.0. The molecule has 4 N–H and O–H groups in total. The second-order valence-corrected chi connectivity index (χ2v) is 3.65. The second kappa shape index (κ2) is 6.43. The standard InChI is InChI=1S/C9H15F3N2O3/c1-5(8(16)17)14-7(15)4-6(2-3-13)9(10,11)12/h5-6H,2-4,13H2,1H3,(H,14,15)(H,16,17)/t5-,6?/m1/s1. The van der Waals surface area contributed by atoms with Crippen LogP contribution in [0.4, 0.5) is 13.2 Å². The number of halogens is 3. The van der Waals surface area contributed by atoms with Crippen molar-refractivity contribution in [2.45, 2.75) is 32.0 Å². The van der Waals surface area contributed by atoms with Gasteiger partial charge in [0.25, 0.3) is 0 Å². The molecule has 0 radical (unpaired) electrons. The highest BCUT2D eigenvalue weighted by Gasteiger charge is 2.40. The predicted octanol–water partition coefficient (Wildman–Crippen LogP) is 0.493. The van der Waals surface area contributed by atoms with Gasteiger partial charge in [0, 0.05) is 6.42 Å². The number of carbonyl (C=O) groups is 2. The van der Waals surface area contributed by atoms with E-state index in [1.807, 2.05) is 5.32 Å². The van der Waals surface area contributed by atoms with E-state index in [4.69, 9.17) is 10.8 Å². The first-order valence-corrected chi connectivity index (χ1v) is 4.97.